The molecule has 0 unspecified atom stereocenters. The molecule has 2 N–H and O–H groups in total. The maximum Gasteiger partial charge on any atom is 0.321 e. The maximum absolute atomic E-state index is 13.6. The van der Waals surface area contributed by atoms with Crippen LogP contribution in [0.15, 0.2) is 72.8 Å². The Labute approximate surface area is 228 Å². The van der Waals surface area contributed by atoms with Crippen LogP contribution in [0.4, 0.5) is 21.9 Å². The summed E-state index contributed by atoms with van der Waals surface area (Å²) in [6, 6.07) is 21.7. The number of methoxy groups -OCH3 is 1. The van der Waals surface area contributed by atoms with Crippen molar-refractivity contribution in [3.8, 4) is 5.75 Å². The Kier molecular flexibility index (Phi) is 7.96. The number of ether oxygens (including phenoxy) is 1. The molecule has 3 aromatic carbocycles. The molecular weight excluding hydrogens is 494 g/mol. The fourth-order valence-electron chi connectivity index (χ4n) is 4.99. The zero-order valence-corrected chi connectivity index (χ0v) is 22.1. The minimum Gasteiger partial charge on any atom is -0.497 e. The van der Waals surface area contributed by atoms with Crippen molar-refractivity contribution in [2.24, 2.45) is 0 Å². The van der Waals surface area contributed by atoms with Crippen molar-refractivity contribution in [2.75, 3.05) is 61.9 Å². The van der Waals surface area contributed by atoms with Crippen molar-refractivity contribution in [3.05, 3.63) is 83.9 Å². The van der Waals surface area contributed by atoms with E-state index in [9.17, 15) is 14.4 Å². The number of benzene rings is 3. The average molecular weight is 528 g/mol. The normalized spacial score (nSPS) is 15.2. The highest BCUT2D eigenvalue weighted by Gasteiger charge is 2.27. The number of anilines is 3. The van der Waals surface area contributed by atoms with Gasteiger partial charge in [0.15, 0.2) is 0 Å². The number of carbonyl (C=O) groups is 3. The summed E-state index contributed by atoms with van der Waals surface area (Å²) in [6.45, 7) is 3.71. The topological polar surface area (TPSA) is 94.2 Å². The molecule has 0 radical (unpaired) electrons. The minimum atomic E-state index is -0.278. The number of nitrogens with zero attached hydrogens (tertiary/aromatic N) is 3. The Morgan fingerprint density at radius 3 is 2.18 bits per heavy atom. The van der Waals surface area contributed by atoms with Crippen molar-refractivity contribution in [1.29, 1.82) is 0 Å². The summed E-state index contributed by atoms with van der Waals surface area (Å²) in [6.07, 6.45) is 1.98. The number of amides is 4. The number of likely N-dealkylation sites (tertiary alicyclic amines) is 1. The number of para-hydroxylation sites is 1. The predicted octanol–water partition coefficient (Wildman–Crippen LogP) is 4.54. The van der Waals surface area contributed by atoms with E-state index in [0.717, 1.165) is 37.3 Å². The third-order valence-corrected chi connectivity index (χ3v) is 7.14. The Balaban J connectivity index is 1.32. The van der Waals surface area contributed by atoms with Crippen molar-refractivity contribution < 1.29 is 19.1 Å². The maximum atomic E-state index is 13.6. The van der Waals surface area contributed by atoms with Crippen LogP contribution in [0.1, 0.15) is 33.6 Å². The molecule has 0 aliphatic carbocycles. The molecule has 9 nitrogen and oxygen atoms in total. The van der Waals surface area contributed by atoms with Gasteiger partial charge in [-0.1, -0.05) is 24.3 Å². The van der Waals surface area contributed by atoms with Gasteiger partial charge in [-0.3, -0.25) is 9.59 Å². The third-order valence-electron chi connectivity index (χ3n) is 7.14. The molecule has 2 heterocycles. The molecule has 3 aromatic rings. The van der Waals surface area contributed by atoms with Crippen LogP contribution in [0.25, 0.3) is 0 Å². The molecule has 39 heavy (non-hydrogen) atoms. The number of rotatable bonds is 6. The smallest absolute Gasteiger partial charge is 0.321 e. The SMILES string of the molecule is COc1cccc(C(=O)Nc2ccc(N3CCN(C(=O)Nc4ccccc4)CC3)c(C(=O)N3CCCC3)c2)c1. The quantitative estimate of drug-likeness (QED) is 0.491. The molecule has 4 amide bonds. The van der Waals surface area contributed by atoms with Crippen LogP contribution in [0.5, 0.6) is 5.75 Å². The van der Waals surface area contributed by atoms with Crippen LogP contribution in [-0.2, 0) is 0 Å². The molecule has 0 atom stereocenters. The molecule has 202 valence electrons. The van der Waals surface area contributed by atoms with E-state index in [1.54, 1.807) is 42.3 Å². The standard InChI is InChI=1S/C30H33N5O4/c1-39-25-11-7-8-22(20-25)28(36)31-24-12-13-27(26(21-24)29(37)34-14-5-6-15-34)33-16-18-35(19-17-33)30(38)32-23-9-3-2-4-10-23/h2-4,7-13,20-21H,5-6,14-19H2,1H3,(H,31,36)(H,32,38). The minimum absolute atomic E-state index is 0.0378. The lowest BCUT2D eigenvalue weighted by atomic mass is 10.1. The van der Waals surface area contributed by atoms with E-state index < -0.39 is 0 Å². The number of hydrogen-bond acceptors (Lipinski definition) is 5. The predicted molar refractivity (Wildman–Crippen MR) is 152 cm³/mol. The Morgan fingerprint density at radius 2 is 1.46 bits per heavy atom. The zero-order valence-electron chi connectivity index (χ0n) is 22.1. The summed E-state index contributed by atoms with van der Waals surface area (Å²) < 4.78 is 5.23. The fraction of sp³-hybridized carbons (Fsp3) is 0.300. The number of carbonyl (C=O) groups excluding carboxylic acids is 3. The first-order chi connectivity index (χ1) is 19.0. The Bertz CT molecular complexity index is 1330. The van der Waals surface area contributed by atoms with Crippen LogP contribution in [-0.4, -0.2) is 74.0 Å². The van der Waals surface area contributed by atoms with Gasteiger partial charge in [0.1, 0.15) is 5.75 Å². The van der Waals surface area contributed by atoms with Gasteiger partial charge in [-0.05, 0) is 61.4 Å². The zero-order chi connectivity index (χ0) is 27.2. The summed E-state index contributed by atoms with van der Waals surface area (Å²) in [7, 11) is 1.56. The van der Waals surface area contributed by atoms with E-state index in [4.69, 9.17) is 4.74 Å². The van der Waals surface area contributed by atoms with Gasteiger partial charge in [0, 0.05) is 61.9 Å². The largest absolute Gasteiger partial charge is 0.497 e. The lowest BCUT2D eigenvalue weighted by Gasteiger charge is -2.37. The molecular formula is C30H33N5O4. The molecule has 9 heteroatoms. The fourth-order valence-corrected chi connectivity index (χ4v) is 4.99. The summed E-state index contributed by atoms with van der Waals surface area (Å²) >= 11 is 0. The highest BCUT2D eigenvalue weighted by Crippen LogP contribution is 2.29. The van der Waals surface area contributed by atoms with Crippen molar-refractivity contribution in [3.63, 3.8) is 0 Å². The molecule has 5 rings (SSSR count). The average Bonchev–Trinajstić information content (AvgIpc) is 3.53. The van der Waals surface area contributed by atoms with E-state index in [2.05, 4.69) is 15.5 Å². The Morgan fingerprint density at radius 1 is 0.718 bits per heavy atom. The van der Waals surface area contributed by atoms with Gasteiger partial charge in [-0.2, -0.15) is 0 Å². The molecule has 0 spiro atoms. The molecule has 2 aliphatic rings. The Hall–Kier alpha value is -4.53. The first-order valence-corrected chi connectivity index (χ1v) is 13.3. The molecule has 2 aliphatic heterocycles. The summed E-state index contributed by atoms with van der Waals surface area (Å²) in [5, 5.41) is 5.86. The molecule has 0 bridgehead atoms. The lowest BCUT2D eigenvalue weighted by Crippen LogP contribution is -2.50. The van der Waals surface area contributed by atoms with E-state index in [0.29, 0.717) is 48.7 Å². The van der Waals surface area contributed by atoms with Gasteiger partial charge in [0.2, 0.25) is 0 Å². The second-order valence-corrected chi connectivity index (χ2v) is 9.69. The third kappa shape index (κ3) is 6.14. The first-order valence-electron chi connectivity index (χ1n) is 13.3. The highest BCUT2D eigenvalue weighted by atomic mass is 16.5. The van der Waals surface area contributed by atoms with Crippen LogP contribution < -0.4 is 20.3 Å². The van der Waals surface area contributed by atoms with Crippen LogP contribution in [0, 0.1) is 0 Å². The van der Waals surface area contributed by atoms with Crippen LogP contribution in [0.2, 0.25) is 0 Å². The van der Waals surface area contributed by atoms with E-state index in [-0.39, 0.29) is 17.8 Å². The van der Waals surface area contributed by atoms with Crippen molar-refractivity contribution >= 4 is 34.9 Å². The van der Waals surface area contributed by atoms with Gasteiger partial charge in [-0.25, -0.2) is 4.79 Å². The second-order valence-electron chi connectivity index (χ2n) is 9.69. The van der Waals surface area contributed by atoms with Crippen molar-refractivity contribution in [1.82, 2.24) is 9.80 Å². The molecule has 2 fully saturated rings. The lowest BCUT2D eigenvalue weighted by molar-refractivity contribution is 0.0792. The monoisotopic (exact) mass is 527 g/mol. The highest BCUT2D eigenvalue weighted by molar-refractivity contribution is 6.06. The van der Waals surface area contributed by atoms with Gasteiger partial charge in [-0.15, -0.1) is 0 Å². The molecule has 2 saturated heterocycles. The number of piperazine rings is 1. The number of hydrogen-bond donors (Lipinski definition) is 2. The van der Waals surface area contributed by atoms with E-state index >= 15 is 0 Å². The second kappa shape index (κ2) is 11.9. The summed E-state index contributed by atoms with van der Waals surface area (Å²) in [5.41, 5.74) is 3.15. The van der Waals surface area contributed by atoms with Crippen LogP contribution >= 0.6 is 0 Å². The number of nitrogens with one attached hydrogen (secondary N) is 2. The molecule has 0 saturated carbocycles. The van der Waals surface area contributed by atoms with Crippen molar-refractivity contribution in [2.45, 2.75) is 12.8 Å². The summed E-state index contributed by atoms with van der Waals surface area (Å²) in [4.78, 5) is 45.0. The van der Waals surface area contributed by atoms with Crippen LogP contribution in [0.3, 0.4) is 0 Å². The first kappa shape index (κ1) is 26.1. The van der Waals surface area contributed by atoms with Gasteiger partial charge in [0.25, 0.3) is 11.8 Å². The molecule has 0 aromatic heterocycles. The van der Waals surface area contributed by atoms with E-state index in [1.807, 2.05) is 47.4 Å². The number of urea groups is 1. The van der Waals surface area contributed by atoms with Gasteiger partial charge < -0.3 is 30.1 Å². The van der Waals surface area contributed by atoms with E-state index in [1.165, 1.54) is 0 Å². The summed E-state index contributed by atoms with van der Waals surface area (Å²) in [5.74, 6) is 0.281. The van der Waals surface area contributed by atoms with Gasteiger partial charge >= 0.3 is 6.03 Å². The van der Waals surface area contributed by atoms with Gasteiger partial charge in [0.05, 0.1) is 12.7 Å².